The summed E-state index contributed by atoms with van der Waals surface area (Å²) >= 11 is 2.12. The summed E-state index contributed by atoms with van der Waals surface area (Å²) in [5.74, 6) is 1.35. The third-order valence-corrected chi connectivity index (χ3v) is 4.74. The molecule has 1 saturated carbocycles. The van der Waals surface area contributed by atoms with Crippen LogP contribution in [-0.4, -0.2) is 16.5 Å². The Bertz CT molecular complexity index is 136. The van der Waals surface area contributed by atoms with E-state index in [0.29, 0.717) is 0 Å². The van der Waals surface area contributed by atoms with Gasteiger partial charge in [-0.25, -0.2) is 0 Å². The molecular formula is C9H17NS. The quantitative estimate of drug-likeness (QED) is 0.654. The van der Waals surface area contributed by atoms with Gasteiger partial charge in [0.05, 0.1) is 0 Å². The molecule has 2 N–H and O–H groups in total. The van der Waals surface area contributed by atoms with Crippen molar-refractivity contribution in [2.24, 2.45) is 5.73 Å². The molecule has 2 heteroatoms. The van der Waals surface area contributed by atoms with Crippen LogP contribution in [0.3, 0.4) is 0 Å². The van der Waals surface area contributed by atoms with Gasteiger partial charge in [0.15, 0.2) is 0 Å². The van der Waals surface area contributed by atoms with Crippen LogP contribution in [0.15, 0.2) is 0 Å². The van der Waals surface area contributed by atoms with Crippen LogP contribution in [0.1, 0.15) is 38.5 Å². The Hall–Kier alpha value is 0.310. The number of thioether (sulfide) groups is 1. The molecule has 0 radical (unpaired) electrons. The summed E-state index contributed by atoms with van der Waals surface area (Å²) in [7, 11) is 0. The topological polar surface area (TPSA) is 26.0 Å². The van der Waals surface area contributed by atoms with Crippen molar-refractivity contribution in [1.29, 1.82) is 0 Å². The fourth-order valence-electron chi connectivity index (χ4n) is 2.10. The molecule has 64 valence electrons. The SMILES string of the molecule is NC1(C2CCCCS2)CCC1. The largest absolute Gasteiger partial charge is 0.324 e. The van der Waals surface area contributed by atoms with Crippen LogP contribution in [0, 0.1) is 0 Å². The van der Waals surface area contributed by atoms with Gasteiger partial charge in [-0.3, -0.25) is 0 Å². The lowest BCUT2D eigenvalue weighted by atomic mass is 9.74. The molecule has 1 heterocycles. The third-order valence-electron chi connectivity index (χ3n) is 3.11. The molecule has 1 atom stereocenters. The fraction of sp³-hybridized carbons (Fsp3) is 1.00. The van der Waals surface area contributed by atoms with Gasteiger partial charge >= 0.3 is 0 Å². The zero-order chi connectivity index (χ0) is 7.73. The van der Waals surface area contributed by atoms with Crippen molar-refractivity contribution in [3.63, 3.8) is 0 Å². The lowest BCUT2D eigenvalue weighted by Crippen LogP contribution is -2.55. The maximum Gasteiger partial charge on any atom is 0.0274 e. The van der Waals surface area contributed by atoms with Crippen LogP contribution in [0.4, 0.5) is 0 Å². The van der Waals surface area contributed by atoms with Gasteiger partial charge in [-0.2, -0.15) is 11.8 Å². The van der Waals surface area contributed by atoms with Crippen LogP contribution >= 0.6 is 11.8 Å². The Balaban J connectivity index is 1.91. The molecule has 0 aromatic heterocycles. The first kappa shape index (κ1) is 7.93. The van der Waals surface area contributed by atoms with Crippen LogP contribution in [0.2, 0.25) is 0 Å². The minimum Gasteiger partial charge on any atom is -0.324 e. The maximum atomic E-state index is 6.26. The Morgan fingerprint density at radius 3 is 2.45 bits per heavy atom. The molecule has 0 bridgehead atoms. The summed E-state index contributed by atoms with van der Waals surface area (Å²) in [6.07, 6.45) is 8.14. The van der Waals surface area contributed by atoms with E-state index in [2.05, 4.69) is 11.8 Å². The Morgan fingerprint density at radius 1 is 1.18 bits per heavy atom. The van der Waals surface area contributed by atoms with E-state index in [1.165, 1.54) is 44.3 Å². The highest BCUT2D eigenvalue weighted by atomic mass is 32.2. The summed E-state index contributed by atoms with van der Waals surface area (Å²) in [4.78, 5) is 0. The first-order chi connectivity index (χ1) is 5.31. The molecule has 1 aliphatic carbocycles. The summed E-state index contributed by atoms with van der Waals surface area (Å²) in [5, 5.41) is 0.796. The lowest BCUT2D eigenvalue weighted by molar-refractivity contribution is 0.231. The molecule has 2 aliphatic rings. The number of nitrogens with two attached hydrogens (primary N) is 1. The normalized spacial score (nSPS) is 36.3. The van der Waals surface area contributed by atoms with Crippen molar-refractivity contribution < 1.29 is 0 Å². The molecule has 0 aromatic carbocycles. The van der Waals surface area contributed by atoms with Crippen molar-refractivity contribution in [2.75, 3.05) is 5.75 Å². The van der Waals surface area contributed by atoms with Gasteiger partial charge in [0.2, 0.25) is 0 Å². The summed E-state index contributed by atoms with van der Waals surface area (Å²) in [6.45, 7) is 0. The molecule has 2 fully saturated rings. The molecule has 1 unspecified atom stereocenters. The molecule has 0 spiro atoms. The highest BCUT2D eigenvalue weighted by Crippen LogP contribution is 2.42. The number of hydrogen-bond acceptors (Lipinski definition) is 2. The number of hydrogen-bond donors (Lipinski definition) is 1. The van der Waals surface area contributed by atoms with E-state index < -0.39 is 0 Å². The van der Waals surface area contributed by atoms with Gasteiger partial charge in [0.1, 0.15) is 0 Å². The van der Waals surface area contributed by atoms with E-state index in [1.807, 2.05) is 0 Å². The monoisotopic (exact) mass is 171 g/mol. The molecule has 2 rings (SSSR count). The third kappa shape index (κ3) is 1.43. The number of rotatable bonds is 1. The highest BCUT2D eigenvalue weighted by molar-refractivity contribution is 8.00. The average molecular weight is 171 g/mol. The average Bonchev–Trinajstić information content (AvgIpc) is 2.02. The van der Waals surface area contributed by atoms with Crippen molar-refractivity contribution in [2.45, 2.75) is 49.3 Å². The Morgan fingerprint density at radius 2 is 2.00 bits per heavy atom. The fourth-order valence-corrected chi connectivity index (χ4v) is 3.66. The van der Waals surface area contributed by atoms with Crippen LogP contribution < -0.4 is 5.73 Å². The van der Waals surface area contributed by atoms with Crippen molar-refractivity contribution >= 4 is 11.8 Å². The van der Waals surface area contributed by atoms with E-state index in [-0.39, 0.29) is 5.54 Å². The first-order valence-electron chi connectivity index (χ1n) is 4.72. The minimum absolute atomic E-state index is 0.255. The summed E-state index contributed by atoms with van der Waals surface area (Å²) in [5.41, 5.74) is 6.51. The van der Waals surface area contributed by atoms with E-state index in [9.17, 15) is 0 Å². The highest BCUT2D eigenvalue weighted by Gasteiger charge is 2.40. The second-order valence-corrected chi connectivity index (χ2v) is 5.25. The van der Waals surface area contributed by atoms with Gasteiger partial charge in [0.25, 0.3) is 0 Å². The Kier molecular flexibility index (Phi) is 2.15. The first-order valence-corrected chi connectivity index (χ1v) is 5.77. The predicted molar refractivity (Wildman–Crippen MR) is 50.9 cm³/mol. The molecule has 0 aromatic rings. The zero-order valence-electron chi connectivity index (χ0n) is 7.01. The van der Waals surface area contributed by atoms with E-state index in [4.69, 9.17) is 5.73 Å². The van der Waals surface area contributed by atoms with Gasteiger partial charge in [-0.05, 0) is 37.9 Å². The molecule has 1 saturated heterocycles. The van der Waals surface area contributed by atoms with E-state index >= 15 is 0 Å². The van der Waals surface area contributed by atoms with Gasteiger partial charge in [-0.15, -0.1) is 0 Å². The van der Waals surface area contributed by atoms with E-state index in [0.717, 1.165) is 5.25 Å². The lowest BCUT2D eigenvalue weighted by Gasteiger charge is -2.45. The zero-order valence-corrected chi connectivity index (χ0v) is 7.83. The van der Waals surface area contributed by atoms with Crippen LogP contribution in [-0.2, 0) is 0 Å². The van der Waals surface area contributed by atoms with Gasteiger partial charge in [-0.1, -0.05) is 6.42 Å². The molecule has 11 heavy (non-hydrogen) atoms. The molecular weight excluding hydrogens is 154 g/mol. The smallest absolute Gasteiger partial charge is 0.0274 e. The van der Waals surface area contributed by atoms with Gasteiger partial charge < -0.3 is 5.73 Å². The summed E-state index contributed by atoms with van der Waals surface area (Å²) < 4.78 is 0. The van der Waals surface area contributed by atoms with Crippen molar-refractivity contribution in [3.8, 4) is 0 Å². The van der Waals surface area contributed by atoms with Crippen molar-refractivity contribution in [3.05, 3.63) is 0 Å². The van der Waals surface area contributed by atoms with Gasteiger partial charge in [0, 0.05) is 10.8 Å². The molecule has 1 aliphatic heterocycles. The summed E-state index contributed by atoms with van der Waals surface area (Å²) in [6, 6.07) is 0. The molecule has 0 amide bonds. The predicted octanol–water partition coefficient (Wildman–Crippen LogP) is 2.15. The van der Waals surface area contributed by atoms with Crippen LogP contribution in [0.5, 0.6) is 0 Å². The van der Waals surface area contributed by atoms with Crippen LogP contribution in [0.25, 0.3) is 0 Å². The minimum atomic E-state index is 0.255. The standard InChI is InChI=1S/C9H17NS/c10-9(5-3-6-9)8-4-1-2-7-11-8/h8H,1-7,10H2. The van der Waals surface area contributed by atoms with E-state index in [1.54, 1.807) is 0 Å². The second-order valence-electron chi connectivity index (χ2n) is 3.94. The van der Waals surface area contributed by atoms with Crippen molar-refractivity contribution in [1.82, 2.24) is 0 Å². The maximum absolute atomic E-state index is 6.26. The Labute approximate surface area is 73.1 Å². The molecule has 1 nitrogen and oxygen atoms in total. The second kappa shape index (κ2) is 2.98.